The minimum Gasteiger partial charge on any atom is -0.349 e. The van der Waals surface area contributed by atoms with Crippen molar-refractivity contribution in [3.8, 4) is 0 Å². The van der Waals surface area contributed by atoms with E-state index < -0.39 is 89.1 Å². The molecular weight excluding hydrogens is 544 g/mol. The molecule has 2 unspecified atom stereocenters. The lowest BCUT2D eigenvalue weighted by atomic mass is 9.96. The van der Waals surface area contributed by atoms with Crippen molar-refractivity contribution in [1.82, 2.24) is 10.6 Å². The molecule has 0 heterocycles. The maximum Gasteiger partial charge on any atom is 0.222 e. The van der Waals surface area contributed by atoms with Gasteiger partial charge in [-0.05, 0) is 24.3 Å². The van der Waals surface area contributed by atoms with Gasteiger partial charge in [-0.25, -0.2) is 0 Å². The Labute approximate surface area is 240 Å². The number of carbonyl (C=O) groups excluding carboxylic acids is 9. The molecule has 0 fully saturated rings. The second kappa shape index (κ2) is 11.5. The largest absolute Gasteiger partial charge is 0.349 e. The van der Waals surface area contributed by atoms with Gasteiger partial charge in [-0.2, -0.15) is 0 Å². The van der Waals surface area contributed by atoms with E-state index >= 15 is 0 Å². The van der Waals surface area contributed by atoms with Gasteiger partial charge in [-0.15, -0.1) is 0 Å². The number of hydrogen-bond donors (Lipinski definition) is 2. The van der Waals surface area contributed by atoms with Crippen LogP contribution < -0.4 is 10.6 Å². The Morgan fingerprint density at radius 2 is 0.905 bits per heavy atom. The number of rotatable bonds is 10. The van der Waals surface area contributed by atoms with E-state index in [2.05, 4.69) is 10.6 Å². The molecule has 0 aliphatic heterocycles. The SMILES string of the molecule is CC(C)C(=O)NCC(=O)C1C(=O)c2ccc(C(=O)c3ccc4c(c3)C(=O)C(C(=O)CNC(=O)C(C)C)C4=O)cc2C1=O. The molecule has 42 heavy (non-hydrogen) atoms. The Balaban J connectivity index is 1.53. The molecule has 2 N–H and O–H groups in total. The molecule has 2 aromatic carbocycles. The van der Waals surface area contributed by atoms with Crippen molar-refractivity contribution >= 4 is 52.3 Å². The van der Waals surface area contributed by atoms with E-state index in [1.807, 2.05) is 0 Å². The van der Waals surface area contributed by atoms with E-state index in [9.17, 15) is 43.2 Å². The van der Waals surface area contributed by atoms with Crippen molar-refractivity contribution in [2.24, 2.45) is 23.7 Å². The third-order valence-corrected chi connectivity index (χ3v) is 7.24. The van der Waals surface area contributed by atoms with Crippen molar-refractivity contribution in [3.63, 3.8) is 0 Å². The van der Waals surface area contributed by atoms with Gasteiger partial charge in [0.15, 0.2) is 40.5 Å². The molecule has 11 nitrogen and oxygen atoms in total. The van der Waals surface area contributed by atoms with Crippen LogP contribution >= 0.6 is 0 Å². The van der Waals surface area contributed by atoms with Crippen LogP contribution in [0.1, 0.15) is 85.0 Å². The molecule has 2 aromatic rings. The fourth-order valence-corrected chi connectivity index (χ4v) is 4.78. The van der Waals surface area contributed by atoms with Gasteiger partial charge in [0.25, 0.3) is 0 Å². The van der Waals surface area contributed by atoms with Crippen molar-refractivity contribution in [2.45, 2.75) is 27.7 Å². The van der Waals surface area contributed by atoms with Gasteiger partial charge in [0.05, 0.1) is 13.1 Å². The summed E-state index contributed by atoms with van der Waals surface area (Å²) in [5, 5.41) is 4.79. The van der Waals surface area contributed by atoms with Crippen molar-refractivity contribution in [3.05, 3.63) is 69.8 Å². The monoisotopic (exact) mass is 572 g/mol. The average Bonchev–Trinajstić information content (AvgIpc) is 3.36. The predicted octanol–water partition coefficient (Wildman–Crippen LogP) is 1.59. The van der Waals surface area contributed by atoms with Crippen LogP contribution in [0.25, 0.3) is 0 Å². The molecule has 4 rings (SSSR count). The van der Waals surface area contributed by atoms with Crippen LogP contribution in [0.2, 0.25) is 0 Å². The zero-order chi connectivity index (χ0) is 31.0. The first-order valence-electron chi connectivity index (χ1n) is 13.3. The maximum atomic E-state index is 13.3. The topological polar surface area (TPSA) is 178 Å². The summed E-state index contributed by atoms with van der Waals surface area (Å²) in [5.41, 5.74) is -0.271. The molecular formula is C31H28N2O9. The van der Waals surface area contributed by atoms with Crippen LogP contribution in [0.15, 0.2) is 36.4 Å². The summed E-state index contributed by atoms with van der Waals surface area (Å²) in [4.78, 5) is 114. The Morgan fingerprint density at radius 1 is 0.571 bits per heavy atom. The Morgan fingerprint density at radius 3 is 1.24 bits per heavy atom. The minimum absolute atomic E-state index is 0.00291. The van der Waals surface area contributed by atoms with Crippen molar-refractivity contribution in [1.29, 1.82) is 0 Å². The molecule has 2 atom stereocenters. The maximum absolute atomic E-state index is 13.3. The highest BCUT2D eigenvalue weighted by Gasteiger charge is 2.45. The zero-order valence-electron chi connectivity index (χ0n) is 23.4. The van der Waals surface area contributed by atoms with Gasteiger partial charge in [-0.1, -0.05) is 39.8 Å². The summed E-state index contributed by atoms with van der Waals surface area (Å²) in [6.07, 6.45) is 0. The van der Waals surface area contributed by atoms with E-state index in [1.54, 1.807) is 27.7 Å². The van der Waals surface area contributed by atoms with Crippen LogP contribution in [0, 0.1) is 23.7 Å². The van der Waals surface area contributed by atoms with E-state index in [0.717, 1.165) is 0 Å². The summed E-state index contributed by atoms with van der Waals surface area (Å²) < 4.78 is 0. The average molecular weight is 573 g/mol. The highest BCUT2D eigenvalue weighted by Crippen LogP contribution is 2.31. The number of hydrogen-bond acceptors (Lipinski definition) is 9. The third-order valence-electron chi connectivity index (χ3n) is 7.24. The lowest BCUT2D eigenvalue weighted by molar-refractivity contribution is -0.127. The van der Waals surface area contributed by atoms with Crippen molar-refractivity contribution in [2.75, 3.05) is 13.1 Å². The Kier molecular flexibility index (Phi) is 8.24. The molecule has 0 saturated heterocycles. The van der Waals surface area contributed by atoms with Crippen molar-refractivity contribution < 1.29 is 43.2 Å². The van der Waals surface area contributed by atoms with Crippen LogP contribution in [0.4, 0.5) is 0 Å². The zero-order valence-corrected chi connectivity index (χ0v) is 23.4. The first-order valence-corrected chi connectivity index (χ1v) is 13.3. The second-order valence-electron chi connectivity index (χ2n) is 10.9. The second-order valence-corrected chi connectivity index (χ2v) is 10.9. The summed E-state index contributed by atoms with van der Waals surface area (Å²) in [7, 11) is 0. The number of amides is 2. The number of carbonyl (C=O) groups is 9. The van der Waals surface area contributed by atoms with E-state index in [4.69, 9.17) is 0 Å². The van der Waals surface area contributed by atoms with Gasteiger partial charge in [-0.3, -0.25) is 43.2 Å². The number of Topliss-reactive ketones (excluding diaryl/α,β-unsaturated/α-hetero) is 6. The summed E-state index contributed by atoms with van der Waals surface area (Å²) >= 11 is 0. The Bertz CT molecular complexity index is 1500. The quantitative estimate of drug-likeness (QED) is 0.316. The van der Waals surface area contributed by atoms with Gasteiger partial charge < -0.3 is 10.6 Å². The lowest BCUT2D eigenvalue weighted by Crippen LogP contribution is -2.38. The smallest absolute Gasteiger partial charge is 0.222 e. The van der Waals surface area contributed by atoms with E-state index in [1.165, 1.54) is 36.4 Å². The van der Waals surface area contributed by atoms with Crippen LogP contribution in [-0.4, -0.2) is 65.4 Å². The summed E-state index contributed by atoms with van der Waals surface area (Å²) in [5.74, 6) is -10.0. The Hall–Kier alpha value is -4.93. The molecule has 0 saturated carbocycles. The predicted molar refractivity (Wildman–Crippen MR) is 146 cm³/mol. The molecule has 0 aromatic heterocycles. The fourth-order valence-electron chi connectivity index (χ4n) is 4.78. The lowest BCUT2D eigenvalue weighted by Gasteiger charge is -2.09. The fraction of sp³-hybridized carbons (Fsp3) is 0.323. The molecule has 0 spiro atoms. The van der Waals surface area contributed by atoms with E-state index in [-0.39, 0.29) is 33.4 Å². The summed E-state index contributed by atoms with van der Waals surface area (Å²) in [6.45, 7) is 5.53. The van der Waals surface area contributed by atoms with Crippen LogP contribution in [0.5, 0.6) is 0 Å². The van der Waals surface area contributed by atoms with Crippen LogP contribution in [0.3, 0.4) is 0 Å². The van der Waals surface area contributed by atoms with Gasteiger partial charge in [0, 0.05) is 45.2 Å². The molecule has 0 bridgehead atoms. The number of nitrogens with one attached hydrogen (secondary N) is 2. The summed E-state index contributed by atoms with van der Waals surface area (Å²) in [6, 6.07) is 7.55. The standard InChI is InChI=1S/C31H28N2O9/c1-13(2)30(41)32-11-21(34)23-26(37)17-7-5-15(9-19(17)28(23)39)25(36)16-6-8-18-20(10-16)29(40)24(27(18)38)22(35)12-33-31(42)14(3)4/h5-10,13-14,23-24H,11-12H2,1-4H3,(H,32,41)(H,33,42). The first kappa shape index (κ1) is 30.0. The number of benzene rings is 2. The molecule has 2 amide bonds. The minimum atomic E-state index is -1.62. The van der Waals surface area contributed by atoms with E-state index in [0.29, 0.717) is 0 Å². The third kappa shape index (κ3) is 5.37. The normalized spacial score (nSPS) is 17.4. The molecule has 2 aliphatic carbocycles. The molecule has 216 valence electrons. The van der Waals surface area contributed by atoms with Gasteiger partial charge in [0.1, 0.15) is 11.8 Å². The van der Waals surface area contributed by atoms with Crippen LogP contribution in [-0.2, 0) is 19.2 Å². The number of fused-ring (bicyclic) bond motifs is 2. The molecule has 0 radical (unpaired) electrons. The van der Waals surface area contributed by atoms with Gasteiger partial charge >= 0.3 is 0 Å². The van der Waals surface area contributed by atoms with Gasteiger partial charge in [0.2, 0.25) is 11.8 Å². The number of ketones is 7. The highest BCUT2D eigenvalue weighted by atomic mass is 16.2. The highest BCUT2D eigenvalue weighted by molar-refractivity contribution is 6.37. The first-order chi connectivity index (χ1) is 19.7. The molecule has 2 aliphatic rings. The molecule has 11 heteroatoms.